The average molecular weight is 346 g/mol. The summed E-state index contributed by atoms with van der Waals surface area (Å²) in [7, 11) is 0. The lowest BCUT2D eigenvalue weighted by atomic mass is 9.80. The van der Waals surface area contributed by atoms with Crippen molar-refractivity contribution in [1.29, 1.82) is 0 Å². The Hall–Kier alpha value is -1.14. The second-order valence-corrected chi connectivity index (χ2v) is 6.45. The van der Waals surface area contributed by atoms with Gasteiger partial charge in [-0.15, -0.1) is 0 Å². The minimum absolute atomic E-state index is 0.334. The predicted molar refractivity (Wildman–Crippen MR) is 76.0 cm³/mol. The van der Waals surface area contributed by atoms with Crippen molar-refractivity contribution < 1.29 is 19.4 Å². The number of piperidine rings is 1. The second-order valence-electron chi connectivity index (χ2n) is 5.54. The molecule has 1 aliphatic rings. The third kappa shape index (κ3) is 3.12. The lowest BCUT2D eigenvalue weighted by Gasteiger charge is -2.36. The summed E-state index contributed by atoms with van der Waals surface area (Å²) < 4.78 is 14.0. The molecule has 2 N–H and O–H groups in total. The van der Waals surface area contributed by atoms with Gasteiger partial charge in [0.1, 0.15) is 0 Å². The Bertz CT molecular complexity index is 527. The van der Waals surface area contributed by atoms with Gasteiger partial charge in [-0.05, 0) is 45.0 Å². The molecule has 1 aromatic rings. The first-order chi connectivity index (χ1) is 9.32. The molecule has 0 atom stereocenters. The molecule has 4 nitrogen and oxygen atoms in total. The molecule has 2 rings (SSSR count). The SMILES string of the molecule is CC1(C(=O)O)CCN(Cc2cc(Br)cc(F)c2O)CC1. The van der Waals surface area contributed by atoms with Crippen molar-refractivity contribution in [3.05, 3.63) is 28.0 Å². The van der Waals surface area contributed by atoms with Gasteiger partial charge in [0.05, 0.1) is 5.41 Å². The topological polar surface area (TPSA) is 60.8 Å². The van der Waals surface area contributed by atoms with Gasteiger partial charge in [-0.1, -0.05) is 15.9 Å². The van der Waals surface area contributed by atoms with Gasteiger partial charge in [-0.3, -0.25) is 9.69 Å². The lowest BCUT2D eigenvalue weighted by Crippen LogP contribution is -2.42. The quantitative estimate of drug-likeness (QED) is 0.883. The van der Waals surface area contributed by atoms with E-state index in [0.29, 0.717) is 42.5 Å². The van der Waals surface area contributed by atoms with E-state index in [-0.39, 0.29) is 5.75 Å². The highest BCUT2D eigenvalue weighted by Gasteiger charge is 2.36. The largest absolute Gasteiger partial charge is 0.505 e. The van der Waals surface area contributed by atoms with Crippen molar-refractivity contribution in [3.63, 3.8) is 0 Å². The van der Waals surface area contributed by atoms with E-state index in [2.05, 4.69) is 15.9 Å². The summed E-state index contributed by atoms with van der Waals surface area (Å²) in [4.78, 5) is 13.2. The third-order valence-electron chi connectivity index (χ3n) is 3.98. The van der Waals surface area contributed by atoms with Gasteiger partial charge >= 0.3 is 5.97 Å². The molecule has 0 bridgehead atoms. The molecule has 1 saturated heterocycles. The number of nitrogens with zero attached hydrogens (tertiary/aromatic N) is 1. The minimum Gasteiger partial charge on any atom is -0.505 e. The summed E-state index contributed by atoms with van der Waals surface area (Å²) in [5.74, 6) is -1.75. The Morgan fingerprint density at radius 1 is 1.45 bits per heavy atom. The van der Waals surface area contributed by atoms with Gasteiger partial charge in [0.25, 0.3) is 0 Å². The second kappa shape index (κ2) is 5.69. The van der Waals surface area contributed by atoms with Crippen molar-refractivity contribution in [2.75, 3.05) is 13.1 Å². The normalized spacial score (nSPS) is 18.9. The molecule has 1 heterocycles. The molecule has 0 unspecified atom stereocenters. The summed E-state index contributed by atoms with van der Waals surface area (Å²) in [6.07, 6.45) is 1.11. The van der Waals surface area contributed by atoms with E-state index in [4.69, 9.17) is 0 Å². The smallest absolute Gasteiger partial charge is 0.309 e. The van der Waals surface area contributed by atoms with Crippen molar-refractivity contribution in [3.8, 4) is 5.75 Å². The number of phenols is 1. The van der Waals surface area contributed by atoms with Gasteiger partial charge in [0, 0.05) is 16.6 Å². The molecular weight excluding hydrogens is 329 g/mol. The van der Waals surface area contributed by atoms with Crippen LogP contribution in [-0.2, 0) is 11.3 Å². The van der Waals surface area contributed by atoms with Crippen LogP contribution >= 0.6 is 15.9 Å². The van der Waals surface area contributed by atoms with Crippen molar-refractivity contribution in [2.24, 2.45) is 5.41 Å². The molecular formula is C14H17BrFNO3. The van der Waals surface area contributed by atoms with Crippen LogP contribution in [0.2, 0.25) is 0 Å². The zero-order valence-electron chi connectivity index (χ0n) is 11.2. The standard InChI is InChI=1S/C14H17BrFNO3/c1-14(13(19)20)2-4-17(5-3-14)8-9-6-10(15)7-11(16)12(9)18/h6-7,18H,2-5,8H2,1H3,(H,19,20). The summed E-state index contributed by atoms with van der Waals surface area (Å²) in [5.41, 5.74) is -0.169. The Labute approximate surface area is 125 Å². The van der Waals surface area contributed by atoms with Crippen LogP contribution in [0.5, 0.6) is 5.75 Å². The molecule has 110 valence electrons. The minimum atomic E-state index is -0.770. The molecule has 0 aromatic heterocycles. The molecule has 0 spiro atoms. The van der Waals surface area contributed by atoms with E-state index in [1.165, 1.54) is 6.07 Å². The van der Waals surface area contributed by atoms with E-state index in [1.54, 1.807) is 13.0 Å². The number of phenolic OH excluding ortho intramolecular Hbond substituents is 1. The summed E-state index contributed by atoms with van der Waals surface area (Å²) in [6, 6.07) is 2.90. The van der Waals surface area contributed by atoms with Crippen LogP contribution in [-0.4, -0.2) is 34.2 Å². The summed E-state index contributed by atoms with van der Waals surface area (Å²) in [6.45, 7) is 3.41. The van der Waals surface area contributed by atoms with E-state index in [0.717, 1.165) is 0 Å². The van der Waals surface area contributed by atoms with Gasteiger partial charge in [-0.2, -0.15) is 0 Å². The van der Waals surface area contributed by atoms with E-state index >= 15 is 0 Å². The molecule has 0 radical (unpaired) electrons. The fraction of sp³-hybridized carbons (Fsp3) is 0.500. The fourth-order valence-electron chi connectivity index (χ4n) is 2.40. The van der Waals surface area contributed by atoms with Gasteiger partial charge in [0.2, 0.25) is 0 Å². The number of carboxylic acid groups (broad SMARTS) is 1. The zero-order chi connectivity index (χ0) is 14.9. The number of halogens is 2. The van der Waals surface area contributed by atoms with Crippen molar-refractivity contribution in [2.45, 2.75) is 26.3 Å². The Morgan fingerprint density at radius 2 is 2.05 bits per heavy atom. The Morgan fingerprint density at radius 3 is 2.60 bits per heavy atom. The first-order valence-electron chi connectivity index (χ1n) is 6.44. The molecule has 1 fully saturated rings. The molecule has 1 aliphatic heterocycles. The number of aliphatic carboxylic acids is 1. The zero-order valence-corrected chi connectivity index (χ0v) is 12.8. The maximum Gasteiger partial charge on any atom is 0.309 e. The van der Waals surface area contributed by atoms with E-state index in [1.807, 2.05) is 4.90 Å². The van der Waals surface area contributed by atoms with Crippen LogP contribution in [0.1, 0.15) is 25.3 Å². The highest BCUT2D eigenvalue weighted by Crippen LogP contribution is 2.33. The molecule has 0 amide bonds. The highest BCUT2D eigenvalue weighted by atomic mass is 79.9. The first-order valence-corrected chi connectivity index (χ1v) is 7.24. The van der Waals surface area contributed by atoms with Gasteiger partial charge in [0.15, 0.2) is 11.6 Å². The lowest BCUT2D eigenvalue weighted by molar-refractivity contribution is -0.150. The molecule has 6 heteroatoms. The number of rotatable bonds is 3. The molecule has 0 aliphatic carbocycles. The summed E-state index contributed by atoms with van der Waals surface area (Å²) in [5, 5.41) is 18.9. The van der Waals surface area contributed by atoms with Crippen molar-refractivity contribution in [1.82, 2.24) is 4.90 Å². The average Bonchev–Trinajstić information content (AvgIpc) is 2.38. The molecule has 20 heavy (non-hydrogen) atoms. The van der Waals surface area contributed by atoms with Crippen LogP contribution < -0.4 is 0 Å². The number of aromatic hydroxyl groups is 1. The van der Waals surface area contributed by atoms with Crippen LogP contribution in [0, 0.1) is 11.2 Å². The van der Waals surface area contributed by atoms with Crippen LogP contribution in [0.15, 0.2) is 16.6 Å². The third-order valence-corrected chi connectivity index (χ3v) is 4.43. The van der Waals surface area contributed by atoms with Crippen LogP contribution in [0.4, 0.5) is 4.39 Å². The fourth-order valence-corrected chi connectivity index (χ4v) is 2.88. The van der Waals surface area contributed by atoms with Crippen LogP contribution in [0.3, 0.4) is 0 Å². The van der Waals surface area contributed by atoms with E-state index < -0.39 is 17.2 Å². The van der Waals surface area contributed by atoms with Gasteiger partial charge < -0.3 is 10.2 Å². The monoisotopic (exact) mass is 345 g/mol. The number of hydrogen-bond donors (Lipinski definition) is 2. The number of carbonyl (C=O) groups is 1. The summed E-state index contributed by atoms with van der Waals surface area (Å²) >= 11 is 3.20. The first kappa shape index (κ1) is 15.3. The predicted octanol–water partition coefficient (Wildman–Crippen LogP) is 2.98. The van der Waals surface area contributed by atoms with Crippen molar-refractivity contribution >= 4 is 21.9 Å². The number of benzene rings is 1. The van der Waals surface area contributed by atoms with Gasteiger partial charge in [-0.25, -0.2) is 4.39 Å². The number of carboxylic acids is 1. The highest BCUT2D eigenvalue weighted by molar-refractivity contribution is 9.10. The Balaban J connectivity index is 2.05. The Kier molecular flexibility index (Phi) is 4.34. The van der Waals surface area contributed by atoms with E-state index in [9.17, 15) is 19.4 Å². The number of likely N-dealkylation sites (tertiary alicyclic amines) is 1. The van der Waals surface area contributed by atoms with Crippen LogP contribution in [0.25, 0.3) is 0 Å². The maximum absolute atomic E-state index is 13.4. The number of hydrogen-bond acceptors (Lipinski definition) is 3. The maximum atomic E-state index is 13.4. The molecule has 1 aromatic carbocycles. The molecule has 0 saturated carbocycles.